The van der Waals surface area contributed by atoms with Crippen LogP contribution in [0.4, 0.5) is 24.7 Å². The molecule has 100 valence electrons. The SMILES string of the molecule is FC(F)(F)c1ccc(Nc2ccc(CCl)cc2)nn1. The maximum Gasteiger partial charge on any atom is 0.435 e. The summed E-state index contributed by atoms with van der Waals surface area (Å²) in [6.07, 6.45) is -4.48. The van der Waals surface area contributed by atoms with E-state index >= 15 is 0 Å². The zero-order valence-electron chi connectivity index (χ0n) is 9.58. The minimum atomic E-state index is -4.48. The summed E-state index contributed by atoms with van der Waals surface area (Å²) in [6, 6.07) is 9.25. The number of anilines is 2. The van der Waals surface area contributed by atoms with Crippen LogP contribution in [0.5, 0.6) is 0 Å². The Bertz CT molecular complexity index is 538. The van der Waals surface area contributed by atoms with Crippen LogP contribution in [0.3, 0.4) is 0 Å². The van der Waals surface area contributed by atoms with Gasteiger partial charge >= 0.3 is 6.18 Å². The van der Waals surface area contributed by atoms with Crippen molar-refractivity contribution in [3.8, 4) is 0 Å². The summed E-state index contributed by atoms with van der Waals surface area (Å²) in [5.41, 5.74) is 0.629. The van der Waals surface area contributed by atoms with Gasteiger partial charge in [-0.05, 0) is 29.8 Å². The highest BCUT2D eigenvalue weighted by Gasteiger charge is 2.32. The van der Waals surface area contributed by atoms with Crippen molar-refractivity contribution in [2.24, 2.45) is 0 Å². The molecule has 2 aromatic rings. The molecule has 0 bridgehead atoms. The quantitative estimate of drug-likeness (QED) is 0.868. The average Bonchev–Trinajstić information content (AvgIpc) is 2.39. The molecule has 1 aromatic carbocycles. The van der Waals surface area contributed by atoms with Crippen LogP contribution in [0.2, 0.25) is 0 Å². The van der Waals surface area contributed by atoms with Crippen molar-refractivity contribution >= 4 is 23.1 Å². The first-order valence-corrected chi connectivity index (χ1v) is 5.85. The van der Waals surface area contributed by atoms with Gasteiger partial charge in [0.1, 0.15) is 0 Å². The number of aromatic nitrogens is 2. The summed E-state index contributed by atoms with van der Waals surface area (Å²) in [4.78, 5) is 0. The molecule has 0 fully saturated rings. The predicted molar refractivity (Wildman–Crippen MR) is 66.3 cm³/mol. The average molecular weight is 288 g/mol. The lowest BCUT2D eigenvalue weighted by molar-refractivity contribution is -0.141. The van der Waals surface area contributed by atoms with Gasteiger partial charge in [-0.1, -0.05) is 12.1 Å². The summed E-state index contributed by atoms with van der Waals surface area (Å²) in [7, 11) is 0. The molecule has 0 unspecified atom stereocenters. The van der Waals surface area contributed by atoms with Crippen LogP contribution < -0.4 is 5.32 Å². The molecule has 0 saturated carbocycles. The maximum absolute atomic E-state index is 12.3. The van der Waals surface area contributed by atoms with E-state index in [4.69, 9.17) is 11.6 Å². The third kappa shape index (κ3) is 3.57. The third-order valence-electron chi connectivity index (χ3n) is 2.34. The zero-order chi connectivity index (χ0) is 13.9. The van der Waals surface area contributed by atoms with E-state index in [0.29, 0.717) is 11.6 Å². The molecule has 1 heterocycles. The molecule has 19 heavy (non-hydrogen) atoms. The largest absolute Gasteiger partial charge is 0.435 e. The standard InChI is InChI=1S/C12H9ClF3N3/c13-7-8-1-3-9(4-2-8)17-11-6-5-10(18-19-11)12(14,15)16/h1-6H,7H2,(H,17,19). The van der Waals surface area contributed by atoms with Crippen molar-refractivity contribution in [2.45, 2.75) is 12.1 Å². The summed E-state index contributed by atoms with van der Waals surface area (Å²) in [5, 5.41) is 9.45. The highest BCUT2D eigenvalue weighted by Crippen LogP contribution is 2.27. The molecule has 0 aliphatic heterocycles. The smallest absolute Gasteiger partial charge is 0.339 e. The Balaban J connectivity index is 2.10. The number of nitrogens with zero attached hydrogens (tertiary/aromatic N) is 2. The van der Waals surface area contributed by atoms with Crippen LogP contribution in [0, 0.1) is 0 Å². The molecule has 2 rings (SSSR count). The number of benzene rings is 1. The van der Waals surface area contributed by atoms with E-state index in [1.165, 1.54) is 6.07 Å². The normalized spacial score (nSPS) is 11.4. The van der Waals surface area contributed by atoms with Crippen molar-refractivity contribution in [2.75, 3.05) is 5.32 Å². The topological polar surface area (TPSA) is 37.8 Å². The Hall–Kier alpha value is -1.82. The summed E-state index contributed by atoms with van der Waals surface area (Å²) in [6.45, 7) is 0. The molecule has 0 amide bonds. The molecule has 0 saturated heterocycles. The molecule has 3 nitrogen and oxygen atoms in total. The van der Waals surface area contributed by atoms with Crippen LogP contribution in [-0.2, 0) is 12.1 Å². The van der Waals surface area contributed by atoms with E-state index in [-0.39, 0.29) is 5.82 Å². The van der Waals surface area contributed by atoms with Gasteiger partial charge in [0.05, 0.1) is 0 Å². The highest BCUT2D eigenvalue weighted by atomic mass is 35.5. The molecular formula is C12H9ClF3N3. The van der Waals surface area contributed by atoms with E-state index < -0.39 is 11.9 Å². The van der Waals surface area contributed by atoms with Crippen molar-refractivity contribution in [3.63, 3.8) is 0 Å². The van der Waals surface area contributed by atoms with Crippen molar-refractivity contribution in [1.29, 1.82) is 0 Å². The Morgan fingerprint density at radius 3 is 2.16 bits per heavy atom. The molecule has 0 aliphatic rings. The lowest BCUT2D eigenvalue weighted by atomic mass is 10.2. The molecule has 0 spiro atoms. The van der Waals surface area contributed by atoms with Gasteiger partial charge in [0.25, 0.3) is 0 Å². The fourth-order valence-corrected chi connectivity index (χ4v) is 1.55. The maximum atomic E-state index is 12.3. The van der Waals surface area contributed by atoms with Crippen molar-refractivity contribution in [3.05, 3.63) is 47.7 Å². The molecule has 1 N–H and O–H groups in total. The monoisotopic (exact) mass is 287 g/mol. The second-order valence-electron chi connectivity index (χ2n) is 3.76. The van der Waals surface area contributed by atoms with Gasteiger partial charge < -0.3 is 5.32 Å². The van der Waals surface area contributed by atoms with E-state index in [2.05, 4.69) is 15.5 Å². The Labute approximate surface area is 112 Å². The van der Waals surface area contributed by atoms with Gasteiger partial charge in [-0.3, -0.25) is 0 Å². The van der Waals surface area contributed by atoms with Crippen LogP contribution in [0.15, 0.2) is 36.4 Å². The highest BCUT2D eigenvalue weighted by molar-refractivity contribution is 6.17. The van der Waals surface area contributed by atoms with Crippen LogP contribution in [0.25, 0.3) is 0 Å². The molecule has 0 radical (unpaired) electrons. The van der Waals surface area contributed by atoms with Gasteiger partial charge in [0, 0.05) is 11.6 Å². The molecule has 7 heteroatoms. The molecule has 0 aliphatic carbocycles. The van der Waals surface area contributed by atoms with E-state index in [9.17, 15) is 13.2 Å². The Morgan fingerprint density at radius 2 is 1.68 bits per heavy atom. The minimum absolute atomic E-state index is 0.242. The Morgan fingerprint density at radius 1 is 1.00 bits per heavy atom. The number of hydrogen-bond acceptors (Lipinski definition) is 3. The Kier molecular flexibility index (Phi) is 3.90. The number of rotatable bonds is 3. The molecule has 0 atom stereocenters. The second-order valence-corrected chi connectivity index (χ2v) is 4.02. The minimum Gasteiger partial charge on any atom is -0.339 e. The summed E-state index contributed by atoms with van der Waals surface area (Å²) >= 11 is 5.65. The fraction of sp³-hybridized carbons (Fsp3) is 0.167. The first-order chi connectivity index (χ1) is 8.99. The second kappa shape index (κ2) is 5.44. The van der Waals surface area contributed by atoms with E-state index in [1.807, 2.05) is 12.1 Å². The lowest BCUT2D eigenvalue weighted by Gasteiger charge is -2.07. The molecule has 1 aromatic heterocycles. The molecular weight excluding hydrogens is 279 g/mol. The van der Waals surface area contributed by atoms with Gasteiger partial charge in [0.2, 0.25) is 0 Å². The fourth-order valence-electron chi connectivity index (χ4n) is 1.38. The number of alkyl halides is 4. The first-order valence-electron chi connectivity index (χ1n) is 5.32. The number of halogens is 4. The van der Waals surface area contributed by atoms with Gasteiger partial charge in [-0.2, -0.15) is 13.2 Å². The van der Waals surface area contributed by atoms with Crippen molar-refractivity contribution in [1.82, 2.24) is 10.2 Å². The lowest BCUT2D eigenvalue weighted by Crippen LogP contribution is -2.09. The number of nitrogens with one attached hydrogen (secondary N) is 1. The van der Waals surface area contributed by atoms with Crippen LogP contribution >= 0.6 is 11.6 Å². The van der Waals surface area contributed by atoms with Crippen LogP contribution in [0.1, 0.15) is 11.3 Å². The van der Waals surface area contributed by atoms with Gasteiger partial charge in [-0.15, -0.1) is 21.8 Å². The summed E-state index contributed by atoms with van der Waals surface area (Å²) < 4.78 is 36.9. The first kappa shape index (κ1) is 13.6. The zero-order valence-corrected chi connectivity index (χ0v) is 10.3. The van der Waals surface area contributed by atoms with Crippen molar-refractivity contribution < 1.29 is 13.2 Å². The predicted octanol–water partition coefficient (Wildman–Crippen LogP) is 3.98. The van der Waals surface area contributed by atoms with Crippen LogP contribution in [-0.4, -0.2) is 10.2 Å². The van der Waals surface area contributed by atoms with E-state index in [1.54, 1.807) is 12.1 Å². The third-order valence-corrected chi connectivity index (χ3v) is 2.64. The van der Waals surface area contributed by atoms with Gasteiger partial charge in [-0.25, -0.2) is 0 Å². The number of hydrogen-bond donors (Lipinski definition) is 1. The van der Waals surface area contributed by atoms with E-state index in [0.717, 1.165) is 11.6 Å². The summed E-state index contributed by atoms with van der Waals surface area (Å²) in [5.74, 6) is 0.645. The van der Waals surface area contributed by atoms with Gasteiger partial charge in [0.15, 0.2) is 11.5 Å².